The molecule has 1 aliphatic heterocycles. The smallest absolute Gasteiger partial charge is 0.277 e. The molecule has 1 aliphatic rings. The number of hydrogen-bond acceptors (Lipinski definition) is 1. The summed E-state index contributed by atoms with van der Waals surface area (Å²) in [7, 11) is 0. The van der Waals surface area contributed by atoms with Crippen molar-refractivity contribution in [1.82, 2.24) is 5.32 Å². The fourth-order valence-electron chi connectivity index (χ4n) is 2.33. The maximum atomic E-state index is 14.4. The molecule has 1 aromatic carbocycles. The molecule has 1 N–H and O–H groups in total. The largest absolute Gasteiger partial charge is 0.317 e. The molecule has 17 heavy (non-hydrogen) atoms. The number of halogens is 3. The second-order valence-electron chi connectivity index (χ2n) is 4.48. The maximum absolute atomic E-state index is 14.4. The molecule has 0 radical (unpaired) electrons. The second-order valence-corrected chi connectivity index (χ2v) is 4.89. The predicted molar refractivity (Wildman–Crippen MR) is 65.6 cm³/mol. The third-order valence-electron chi connectivity index (χ3n) is 3.32. The van der Waals surface area contributed by atoms with Crippen LogP contribution in [0.3, 0.4) is 0 Å². The van der Waals surface area contributed by atoms with Crippen LogP contribution in [0, 0.1) is 5.92 Å². The molecule has 0 spiro atoms. The molecule has 0 aliphatic carbocycles. The molecule has 1 saturated heterocycles. The molecule has 1 aromatic rings. The lowest BCUT2D eigenvalue weighted by molar-refractivity contribution is -0.0693. The van der Waals surface area contributed by atoms with Crippen molar-refractivity contribution in [1.29, 1.82) is 0 Å². The molecule has 1 fully saturated rings. The van der Waals surface area contributed by atoms with E-state index in [2.05, 4.69) is 5.32 Å². The molecule has 4 heteroatoms. The van der Waals surface area contributed by atoms with E-state index in [0.29, 0.717) is 19.4 Å². The Hall–Kier alpha value is -0.670. The third kappa shape index (κ3) is 2.78. The lowest BCUT2D eigenvalue weighted by atomic mass is 9.88. The lowest BCUT2D eigenvalue weighted by Gasteiger charge is -2.26. The van der Waals surface area contributed by atoms with Crippen molar-refractivity contribution in [3.8, 4) is 0 Å². The zero-order valence-corrected chi connectivity index (χ0v) is 10.3. The third-order valence-corrected chi connectivity index (χ3v) is 3.65. The molecule has 1 nitrogen and oxygen atoms in total. The van der Waals surface area contributed by atoms with Gasteiger partial charge in [0.2, 0.25) is 0 Å². The molecular weight excluding hydrogens is 244 g/mol. The van der Waals surface area contributed by atoms with E-state index in [-0.39, 0.29) is 10.6 Å². The molecule has 1 atom stereocenters. The summed E-state index contributed by atoms with van der Waals surface area (Å²) in [5, 5.41) is 3.31. The molecule has 0 amide bonds. The Bertz CT molecular complexity index is 373. The summed E-state index contributed by atoms with van der Waals surface area (Å²) in [4.78, 5) is 0. The van der Waals surface area contributed by atoms with E-state index in [4.69, 9.17) is 11.6 Å². The molecule has 2 rings (SSSR count). The molecule has 1 heterocycles. The van der Waals surface area contributed by atoms with Crippen molar-refractivity contribution in [2.45, 2.75) is 25.2 Å². The Morgan fingerprint density at radius 1 is 1.18 bits per heavy atom. The minimum atomic E-state index is -2.83. The van der Waals surface area contributed by atoms with Gasteiger partial charge in [-0.25, -0.2) is 8.78 Å². The Balaban J connectivity index is 2.25. The fraction of sp³-hybridized carbons (Fsp3) is 0.538. The number of nitrogens with one attached hydrogen (secondary N) is 1. The van der Waals surface area contributed by atoms with E-state index in [1.165, 1.54) is 12.1 Å². The zero-order chi connectivity index (χ0) is 12.3. The van der Waals surface area contributed by atoms with Gasteiger partial charge in [0.15, 0.2) is 0 Å². The molecule has 0 aromatic heterocycles. The highest BCUT2D eigenvalue weighted by molar-refractivity contribution is 6.31. The Kier molecular flexibility index (Phi) is 4.00. The maximum Gasteiger partial charge on any atom is 0.277 e. The summed E-state index contributed by atoms with van der Waals surface area (Å²) < 4.78 is 28.7. The highest BCUT2D eigenvalue weighted by Gasteiger charge is 2.42. The van der Waals surface area contributed by atoms with Gasteiger partial charge in [0, 0.05) is 16.5 Å². The summed E-state index contributed by atoms with van der Waals surface area (Å²) >= 11 is 5.87. The van der Waals surface area contributed by atoms with Crippen LogP contribution in [-0.4, -0.2) is 13.1 Å². The van der Waals surface area contributed by atoms with Crippen LogP contribution >= 0.6 is 11.6 Å². The van der Waals surface area contributed by atoms with Gasteiger partial charge in [-0.05, 0) is 38.4 Å². The van der Waals surface area contributed by atoms with Crippen molar-refractivity contribution in [2.75, 3.05) is 13.1 Å². The van der Waals surface area contributed by atoms with Gasteiger partial charge in [-0.3, -0.25) is 0 Å². The summed E-state index contributed by atoms with van der Waals surface area (Å²) in [5.41, 5.74) is -0.0337. The van der Waals surface area contributed by atoms with Crippen molar-refractivity contribution in [3.63, 3.8) is 0 Å². The van der Waals surface area contributed by atoms with Gasteiger partial charge in [0.25, 0.3) is 5.92 Å². The minimum absolute atomic E-state index is 0.0337. The average Bonchev–Trinajstić information content (AvgIpc) is 2.58. The molecular formula is C13H16ClF2N. The molecule has 94 valence electrons. The van der Waals surface area contributed by atoms with E-state index in [0.717, 1.165) is 13.0 Å². The number of hydrogen-bond donors (Lipinski definition) is 1. The highest BCUT2D eigenvalue weighted by atomic mass is 35.5. The van der Waals surface area contributed by atoms with E-state index < -0.39 is 11.8 Å². The van der Waals surface area contributed by atoms with Crippen LogP contribution in [0.15, 0.2) is 24.3 Å². The standard InChI is InChI=1S/C13H16ClF2N/c14-12-6-2-1-5-11(12)13(15,16)10-4-3-8-17-9-7-10/h1-2,5-6,10,17H,3-4,7-9H2. The van der Waals surface area contributed by atoms with Crippen LogP contribution in [-0.2, 0) is 5.92 Å². The van der Waals surface area contributed by atoms with Gasteiger partial charge in [0.1, 0.15) is 0 Å². The monoisotopic (exact) mass is 259 g/mol. The Morgan fingerprint density at radius 2 is 1.94 bits per heavy atom. The van der Waals surface area contributed by atoms with E-state index in [9.17, 15) is 8.78 Å². The van der Waals surface area contributed by atoms with Crippen molar-refractivity contribution in [3.05, 3.63) is 34.9 Å². The van der Waals surface area contributed by atoms with Gasteiger partial charge in [-0.2, -0.15) is 0 Å². The molecule has 1 unspecified atom stereocenters. The van der Waals surface area contributed by atoms with Crippen LogP contribution < -0.4 is 5.32 Å². The molecule has 0 saturated carbocycles. The Morgan fingerprint density at radius 3 is 2.71 bits per heavy atom. The van der Waals surface area contributed by atoms with Gasteiger partial charge >= 0.3 is 0 Å². The number of benzene rings is 1. The summed E-state index contributed by atoms with van der Waals surface area (Å²) in [6.45, 7) is 1.49. The van der Waals surface area contributed by atoms with E-state index in [1.54, 1.807) is 12.1 Å². The lowest BCUT2D eigenvalue weighted by Crippen LogP contribution is -2.27. The zero-order valence-electron chi connectivity index (χ0n) is 9.56. The van der Waals surface area contributed by atoms with E-state index >= 15 is 0 Å². The number of alkyl halides is 2. The van der Waals surface area contributed by atoms with Gasteiger partial charge in [0.05, 0.1) is 0 Å². The first kappa shape index (κ1) is 12.8. The van der Waals surface area contributed by atoms with Crippen LogP contribution in [0.5, 0.6) is 0 Å². The van der Waals surface area contributed by atoms with E-state index in [1.807, 2.05) is 0 Å². The summed E-state index contributed by atoms with van der Waals surface area (Å²) in [5.74, 6) is -3.44. The van der Waals surface area contributed by atoms with Crippen molar-refractivity contribution < 1.29 is 8.78 Å². The Labute approximate surface area is 105 Å². The minimum Gasteiger partial charge on any atom is -0.317 e. The summed E-state index contributed by atoms with van der Waals surface area (Å²) in [6, 6.07) is 6.25. The SMILES string of the molecule is FC(F)(c1ccccc1Cl)C1CCCNCC1. The van der Waals surface area contributed by atoms with Crippen LogP contribution in [0.4, 0.5) is 8.78 Å². The first-order valence-corrected chi connectivity index (χ1v) is 6.33. The van der Waals surface area contributed by atoms with Crippen molar-refractivity contribution >= 4 is 11.6 Å². The van der Waals surface area contributed by atoms with Gasteiger partial charge < -0.3 is 5.32 Å². The first-order valence-electron chi connectivity index (χ1n) is 5.96. The highest BCUT2D eigenvalue weighted by Crippen LogP contribution is 2.43. The van der Waals surface area contributed by atoms with Gasteiger partial charge in [-0.15, -0.1) is 0 Å². The quantitative estimate of drug-likeness (QED) is 0.851. The molecule has 0 bridgehead atoms. The topological polar surface area (TPSA) is 12.0 Å². The first-order chi connectivity index (χ1) is 8.12. The van der Waals surface area contributed by atoms with Crippen LogP contribution in [0.1, 0.15) is 24.8 Å². The second kappa shape index (κ2) is 5.32. The van der Waals surface area contributed by atoms with Crippen LogP contribution in [0.25, 0.3) is 0 Å². The average molecular weight is 260 g/mol. The van der Waals surface area contributed by atoms with Crippen molar-refractivity contribution in [2.24, 2.45) is 5.92 Å². The van der Waals surface area contributed by atoms with Crippen LogP contribution in [0.2, 0.25) is 5.02 Å². The summed E-state index contributed by atoms with van der Waals surface area (Å²) in [6.07, 6.45) is 1.84. The fourth-order valence-corrected chi connectivity index (χ4v) is 2.59. The van der Waals surface area contributed by atoms with Gasteiger partial charge in [-0.1, -0.05) is 29.8 Å². The normalized spacial score (nSPS) is 22.2. The number of rotatable bonds is 2. The predicted octanol–water partition coefficient (Wildman–Crippen LogP) is 3.82.